The van der Waals surface area contributed by atoms with Gasteiger partial charge >= 0.3 is 56.0 Å². The first-order valence-corrected chi connectivity index (χ1v) is 5.76. The fraction of sp³-hybridized carbons (Fsp3) is 0. The molecule has 0 radical (unpaired) electrons. The van der Waals surface area contributed by atoms with Crippen LogP contribution in [0.15, 0.2) is 0 Å². The molecule has 0 N–H and O–H groups in total. The summed E-state index contributed by atoms with van der Waals surface area (Å²) in [5, 5.41) is 9.05. The van der Waals surface area contributed by atoms with Crippen LogP contribution in [0.3, 0.4) is 0 Å². The maximum atomic E-state index is 9.05. The Morgan fingerprint density at radius 1 is 1.83 bits per heavy atom. The number of halogens is 1. The quantitative estimate of drug-likeness (QED) is 0.172. The van der Waals surface area contributed by atoms with Gasteiger partial charge in [0.1, 0.15) is 0 Å². The van der Waals surface area contributed by atoms with Gasteiger partial charge in [0.2, 0.25) is 11.8 Å². The first kappa shape index (κ1) is 11.6. The zero-order valence-electron chi connectivity index (χ0n) is 3.05. The van der Waals surface area contributed by atoms with Crippen molar-refractivity contribution < 1.29 is 61.3 Å². The van der Waals surface area contributed by atoms with Crippen LogP contribution in [0.1, 0.15) is 0 Å². The molecular formula is IKO2PS+. The number of hydrogen-bond donors (Lipinski definition) is 0. The second-order valence-corrected chi connectivity index (χ2v) is 6.45. The van der Waals surface area contributed by atoms with Gasteiger partial charge in [0.05, 0.1) is 0 Å². The molecule has 0 aromatic rings. The van der Waals surface area contributed by atoms with Gasteiger partial charge in [0.25, 0.3) is 22.0 Å². The zero-order valence-corrected chi connectivity index (χ0v) is 10.0. The van der Waals surface area contributed by atoms with Crippen LogP contribution in [0, 0.1) is 0 Å². The fourth-order valence-electron chi connectivity index (χ4n) is 0. The molecule has 30 valence electrons. The summed E-state index contributed by atoms with van der Waals surface area (Å²) in [7, 11) is 0. The molecule has 0 aromatic heterocycles. The topological polar surface area (TPSA) is 32.3 Å². The van der Waals surface area contributed by atoms with E-state index in [1.54, 1.807) is 22.0 Å². The Morgan fingerprint density at radius 3 is 2.00 bits per heavy atom. The number of rotatable bonds is 1. The van der Waals surface area contributed by atoms with Gasteiger partial charge in [-0.15, -0.1) is 0 Å². The van der Waals surface area contributed by atoms with Gasteiger partial charge in [-0.25, -0.2) is 4.67 Å². The van der Waals surface area contributed by atoms with Crippen LogP contribution in [0.5, 0.6) is 0 Å². The SMILES string of the molecule is [K+].[O-]O[P+](=S)I. The van der Waals surface area contributed by atoms with E-state index in [1.807, 2.05) is 0 Å². The van der Waals surface area contributed by atoms with Crippen molar-refractivity contribution in [3.05, 3.63) is 0 Å². The second-order valence-electron chi connectivity index (χ2n) is 0.287. The van der Waals surface area contributed by atoms with Crippen molar-refractivity contribution in [2.45, 2.75) is 0 Å². The van der Waals surface area contributed by atoms with Crippen LogP contribution in [0.2, 0.25) is 0 Å². The van der Waals surface area contributed by atoms with Crippen LogP contribution in [0.4, 0.5) is 0 Å². The summed E-state index contributed by atoms with van der Waals surface area (Å²) in [6.45, 7) is 0. The Balaban J connectivity index is 0. The van der Waals surface area contributed by atoms with Gasteiger partial charge in [-0.1, -0.05) is 0 Å². The summed E-state index contributed by atoms with van der Waals surface area (Å²) < 4.78 is 2.27. The van der Waals surface area contributed by atoms with Gasteiger partial charge in [-0.05, 0) is 0 Å². The molecular weight excluding hydrogens is 261 g/mol. The summed E-state index contributed by atoms with van der Waals surface area (Å²) in [6.07, 6.45) is 0. The standard InChI is InChI=1S/IO2PS.K/c1-4(5)3-2;/q;+1. The Morgan fingerprint density at radius 2 is 2.00 bits per heavy atom. The molecule has 1 atom stereocenters. The molecule has 6 heteroatoms. The van der Waals surface area contributed by atoms with E-state index in [2.05, 4.69) is 16.5 Å². The molecule has 0 saturated heterocycles. The van der Waals surface area contributed by atoms with E-state index in [9.17, 15) is 0 Å². The molecule has 0 fully saturated rings. The van der Waals surface area contributed by atoms with E-state index in [1.165, 1.54) is 0 Å². The second kappa shape index (κ2) is 7.81. The van der Waals surface area contributed by atoms with E-state index in [0.717, 1.165) is 0 Å². The average molecular weight is 261 g/mol. The first-order chi connectivity index (χ1) is 2.27. The third-order valence-electron chi connectivity index (χ3n) is 0.0586. The maximum absolute atomic E-state index is 9.05. The average Bonchev–Trinajstić information content (AvgIpc) is 1.38. The Bertz CT molecular complexity index is 48.8. The van der Waals surface area contributed by atoms with Gasteiger partial charge < -0.3 is 5.26 Å². The van der Waals surface area contributed by atoms with Crippen molar-refractivity contribution in [1.29, 1.82) is 0 Å². The molecule has 0 aromatic carbocycles. The summed E-state index contributed by atoms with van der Waals surface area (Å²) in [5.41, 5.74) is 0. The van der Waals surface area contributed by atoms with E-state index >= 15 is 0 Å². The van der Waals surface area contributed by atoms with Crippen molar-refractivity contribution in [2.75, 3.05) is 0 Å². The van der Waals surface area contributed by atoms with Crippen molar-refractivity contribution in [2.24, 2.45) is 0 Å². The van der Waals surface area contributed by atoms with Gasteiger partial charge in [-0.3, -0.25) is 0 Å². The van der Waals surface area contributed by atoms with Crippen molar-refractivity contribution >= 4 is 38.4 Å². The molecule has 0 spiro atoms. The van der Waals surface area contributed by atoms with Crippen molar-refractivity contribution in [1.82, 2.24) is 0 Å². The molecule has 2 nitrogen and oxygen atoms in total. The minimum absolute atomic E-state index is 0. The summed E-state index contributed by atoms with van der Waals surface area (Å²) in [6, 6.07) is 0. The predicted molar refractivity (Wildman–Crippen MR) is 29.4 cm³/mol. The summed E-state index contributed by atoms with van der Waals surface area (Å²) >= 11 is 6.05. The molecule has 0 saturated carbocycles. The van der Waals surface area contributed by atoms with Gasteiger partial charge in [0.15, 0.2) is 0 Å². The van der Waals surface area contributed by atoms with E-state index in [4.69, 9.17) is 5.26 Å². The molecule has 0 aliphatic rings. The molecule has 0 aliphatic heterocycles. The first-order valence-electron chi connectivity index (χ1n) is 0.701. The maximum Gasteiger partial charge on any atom is 1.00 e. The van der Waals surface area contributed by atoms with Crippen LogP contribution in [-0.2, 0) is 16.5 Å². The third-order valence-corrected chi connectivity index (χ3v) is 0.841. The molecule has 0 amide bonds. The summed E-state index contributed by atoms with van der Waals surface area (Å²) in [4.78, 5) is 0. The minimum Gasteiger partial charge on any atom is -0.675 e. The summed E-state index contributed by atoms with van der Waals surface area (Å²) in [5.74, 6) is 0. The minimum atomic E-state index is -1.10. The Labute approximate surface area is 97.4 Å². The third kappa shape index (κ3) is 9.93. The molecule has 6 heavy (non-hydrogen) atoms. The van der Waals surface area contributed by atoms with Gasteiger partial charge in [0, 0.05) is 0 Å². The van der Waals surface area contributed by atoms with Crippen LogP contribution < -0.4 is 56.6 Å². The van der Waals surface area contributed by atoms with E-state index < -0.39 is 4.57 Å². The number of hydrogen-bond acceptors (Lipinski definition) is 3. The molecule has 0 rings (SSSR count). The molecule has 0 heterocycles. The Hall–Kier alpha value is 2.81. The van der Waals surface area contributed by atoms with Crippen molar-refractivity contribution in [3.8, 4) is 0 Å². The largest absolute Gasteiger partial charge is 1.00 e. The monoisotopic (exact) mass is 261 g/mol. The van der Waals surface area contributed by atoms with Crippen LogP contribution in [-0.4, -0.2) is 0 Å². The van der Waals surface area contributed by atoms with E-state index in [-0.39, 0.29) is 51.4 Å². The normalized spacial score (nSPS) is 9.33. The smallest absolute Gasteiger partial charge is 0.675 e. The molecule has 1 unspecified atom stereocenters. The van der Waals surface area contributed by atoms with Crippen LogP contribution in [0.25, 0.3) is 0 Å². The predicted octanol–water partition coefficient (Wildman–Crippen LogP) is -2.51. The van der Waals surface area contributed by atoms with Crippen LogP contribution >= 0.6 is 26.6 Å². The zero-order chi connectivity index (χ0) is 4.28. The fourth-order valence-corrected chi connectivity index (χ4v) is 0. The molecule has 0 aliphatic carbocycles. The molecule has 0 bridgehead atoms. The van der Waals surface area contributed by atoms with Crippen molar-refractivity contribution in [3.63, 3.8) is 0 Å². The Kier molecular flexibility index (Phi) is 15.1. The van der Waals surface area contributed by atoms with Gasteiger partial charge in [-0.2, -0.15) is 0 Å². The van der Waals surface area contributed by atoms with E-state index in [0.29, 0.717) is 0 Å².